The molecule has 1 saturated carbocycles. The van der Waals surface area contributed by atoms with Crippen molar-refractivity contribution in [3.8, 4) is 0 Å². The summed E-state index contributed by atoms with van der Waals surface area (Å²) in [5.41, 5.74) is 6.18. The van der Waals surface area contributed by atoms with Crippen LogP contribution in [0.4, 0.5) is 5.95 Å². The predicted molar refractivity (Wildman–Crippen MR) is 85.3 cm³/mol. The minimum absolute atomic E-state index is 0.303. The molecule has 0 atom stereocenters. The Morgan fingerprint density at radius 1 is 1.24 bits per heavy atom. The molecule has 0 unspecified atom stereocenters. The molecule has 2 aliphatic rings. The molecule has 118 valence electrons. The van der Waals surface area contributed by atoms with Gasteiger partial charge in [0.15, 0.2) is 0 Å². The lowest BCUT2D eigenvalue weighted by molar-refractivity contribution is 0.257. The van der Waals surface area contributed by atoms with Gasteiger partial charge in [0.2, 0.25) is 5.95 Å². The van der Waals surface area contributed by atoms with Gasteiger partial charge in [-0.2, -0.15) is 4.98 Å². The van der Waals surface area contributed by atoms with E-state index in [0.717, 1.165) is 56.6 Å². The van der Waals surface area contributed by atoms with Crippen LogP contribution in [0.5, 0.6) is 0 Å². The van der Waals surface area contributed by atoms with E-state index in [4.69, 9.17) is 10.7 Å². The third-order valence-electron chi connectivity index (χ3n) is 5.47. The van der Waals surface area contributed by atoms with Crippen LogP contribution in [-0.4, -0.2) is 34.8 Å². The van der Waals surface area contributed by atoms with Crippen molar-refractivity contribution < 1.29 is 0 Å². The Morgan fingerprint density at radius 3 is 2.62 bits per heavy atom. The number of nitrogens with zero attached hydrogens (tertiary/aromatic N) is 3. The Bertz CT molecular complexity index is 441. The highest BCUT2D eigenvalue weighted by molar-refractivity contribution is 5.29. The number of hydrogen-bond donors (Lipinski definition) is 2. The molecule has 5 nitrogen and oxygen atoms in total. The first-order chi connectivity index (χ1) is 10.2. The number of aromatic nitrogens is 3. The normalized spacial score (nSPS) is 23.4. The van der Waals surface area contributed by atoms with Gasteiger partial charge in [-0.25, -0.2) is 0 Å². The van der Waals surface area contributed by atoms with Crippen LogP contribution in [0.1, 0.15) is 57.7 Å². The Hall–Kier alpha value is -1.10. The summed E-state index contributed by atoms with van der Waals surface area (Å²) >= 11 is 0. The number of anilines is 1. The van der Waals surface area contributed by atoms with Gasteiger partial charge in [0, 0.05) is 19.5 Å². The maximum absolute atomic E-state index is 5.87. The number of aromatic amines is 1. The molecular weight excluding hydrogens is 262 g/mol. The highest BCUT2D eigenvalue weighted by atomic mass is 15.4. The van der Waals surface area contributed by atoms with Gasteiger partial charge in [-0.1, -0.05) is 39.0 Å². The summed E-state index contributed by atoms with van der Waals surface area (Å²) < 4.78 is 0. The van der Waals surface area contributed by atoms with Crippen molar-refractivity contribution in [1.82, 2.24) is 15.2 Å². The van der Waals surface area contributed by atoms with E-state index in [-0.39, 0.29) is 0 Å². The Labute approximate surface area is 127 Å². The monoisotopic (exact) mass is 291 g/mol. The van der Waals surface area contributed by atoms with Crippen molar-refractivity contribution in [1.29, 1.82) is 0 Å². The van der Waals surface area contributed by atoms with Gasteiger partial charge in [0.1, 0.15) is 5.82 Å². The summed E-state index contributed by atoms with van der Waals surface area (Å²) in [4.78, 5) is 7.03. The van der Waals surface area contributed by atoms with Crippen LogP contribution >= 0.6 is 0 Å². The molecule has 21 heavy (non-hydrogen) atoms. The fraction of sp³-hybridized carbons (Fsp3) is 0.875. The molecule has 2 fully saturated rings. The Balaban J connectivity index is 1.55. The van der Waals surface area contributed by atoms with E-state index in [1.54, 1.807) is 0 Å². The number of nitrogens with one attached hydrogen (secondary N) is 1. The summed E-state index contributed by atoms with van der Waals surface area (Å²) in [5.74, 6) is 2.77. The average molecular weight is 291 g/mol. The quantitative estimate of drug-likeness (QED) is 0.894. The van der Waals surface area contributed by atoms with Crippen LogP contribution in [-0.2, 0) is 6.42 Å². The van der Waals surface area contributed by atoms with Gasteiger partial charge < -0.3 is 10.6 Å². The maximum Gasteiger partial charge on any atom is 0.244 e. The van der Waals surface area contributed by atoms with Gasteiger partial charge >= 0.3 is 0 Å². The van der Waals surface area contributed by atoms with Crippen molar-refractivity contribution in [3.63, 3.8) is 0 Å². The summed E-state index contributed by atoms with van der Waals surface area (Å²) in [6, 6.07) is 0. The zero-order chi connectivity index (χ0) is 14.7. The SMILES string of the molecule is CC1(CN)CCN(c2n[nH]c(CC3CCCCC3)n2)CC1. The molecule has 5 heteroatoms. The largest absolute Gasteiger partial charge is 0.340 e. The van der Waals surface area contributed by atoms with Crippen LogP contribution in [0.2, 0.25) is 0 Å². The molecular formula is C16H29N5. The summed E-state index contributed by atoms with van der Waals surface area (Å²) in [7, 11) is 0. The second-order valence-corrected chi connectivity index (χ2v) is 7.29. The van der Waals surface area contributed by atoms with Gasteiger partial charge in [0.05, 0.1) is 0 Å². The molecule has 1 aromatic heterocycles. The Kier molecular flexibility index (Phi) is 4.48. The lowest BCUT2D eigenvalue weighted by atomic mass is 9.81. The molecule has 1 aliphatic carbocycles. The molecule has 1 saturated heterocycles. The fourth-order valence-corrected chi connectivity index (χ4v) is 3.63. The molecule has 0 bridgehead atoms. The van der Waals surface area contributed by atoms with E-state index in [1.807, 2.05) is 0 Å². The minimum Gasteiger partial charge on any atom is -0.340 e. The lowest BCUT2D eigenvalue weighted by Gasteiger charge is -2.38. The highest BCUT2D eigenvalue weighted by Gasteiger charge is 2.30. The number of hydrogen-bond acceptors (Lipinski definition) is 4. The Morgan fingerprint density at radius 2 is 1.95 bits per heavy atom. The molecule has 3 N–H and O–H groups in total. The van der Waals surface area contributed by atoms with Crippen molar-refractivity contribution in [2.75, 3.05) is 24.5 Å². The molecule has 0 radical (unpaired) electrons. The van der Waals surface area contributed by atoms with Crippen molar-refractivity contribution >= 4 is 5.95 Å². The van der Waals surface area contributed by atoms with Crippen molar-refractivity contribution in [2.24, 2.45) is 17.1 Å². The van der Waals surface area contributed by atoms with Crippen LogP contribution in [0.3, 0.4) is 0 Å². The summed E-state index contributed by atoms with van der Waals surface area (Å²) in [6.45, 7) is 5.11. The smallest absolute Gasteiger partial charge is 0.244 e. The van der Waals surface area contributed by atoms with E-state index in [2.05, 4.69) is 22.0 Å². The topological polar surface area (TPSA) is 70.8 Å². The fourth-order valence-electron chi connectivity index (χ4n) is 3.63. The standard InChI is InChI=1S/C16H29N5/c1-16(12-17)7-9-21(10-8-16)15-18-14(19-20-15)11-13-5-3-2-4-6-13/h13H,2-12,17H2,1H3,(H,18,19,20). The van der Waals surface area contributed by atoms with E-state index >= 15 is 0 Å². The second kappa shape index (κ2) is 6.34. The average Bonchev–Trinajstić information content (AvgIpc) is 2.97. The molecule has 2 heterocycles. The van der Waals surface area contributed by atoms with Crippen LogP contribution in [0, 0.1) is 11.3 Å². The first kappa shape index (κ1) is 14.8. The third-order valence-corrected chi connectivity index (χ3v) is 5.47. The highest BCUT2D eigenvalue weighted by Crippen LogP contribution is 2.31. The molecule has 0 aromatic carbocycles. The van der Waals surface area contributed by atoms with Crippen LogP contribution < -0.4 is 10.6 Å². The molecule has 1 aliphatic heterocycles. The molecule has 0 spiro atoms. The number of nitrogens with two attached hydrogens (primary N) is 1. The van der Waals surface area contributed by atoms with E-state index in [0.29, 0.717) is 5.41 Å². The molecule has 3 rings (SSSR count). The first-order valence-corrected chi connectivity index (χ1v) is 8.55. The van der Waals surface area contributed by atoms with E-state index in [1.165, 1.54) is 32.1 Å². The summed E-state index contributed by atoms with van der Waals surface area (Å²) in [6.07, 6.45) is 10.2. The number of H-pyrrole nitrogens is 1. The minimum atomic E-state index is 0.303. The van der Waals surface area contributed by atoms with Crippen LogP contribution in [0.15, 0.2) is 0 Å². The lowest BCUT2D eigenvalue weighted by Crippen LogP contribution is -2.42. The molecule has 1 aromatic rings. The number of piperidine rings is 1. The molecule has 0 amide bonds. The van der Waals surface area contributed by atoms with Crippen LogP contribution in [0.25, 0.3) is 0 Å². The second-order valence-electron chi connectivity index (χ2n) is 7.29. The van der Waals surface area contributed by atoms with Crippen molar-refractivity contribution in [2.45, 2.75) is 58.3 Å². The van der Waals surface area contributed by atoms with Gasteiger partial charge in [0.25, 0.3) is 0 Å². The summed E-state index contributed by atoms with van der Waals surface area (Å²) in [5, 5.41) is 7.60. The first-order valence-electron chi connectivity index (χ1n) is 8.55. The zero-order valence-electron chi connectivity index (χ0n) is 13.3. The van der Waals surface area contributed by atoms with Gasteiger partial charge in [-0.05, 0) is 30.7 Å². The predicted octanol–water partition coefficient (Wildman–Crippen LogP) is 2.49. The third kappa shape index (κ3) is 3.57. The van der Waals surface area contributed by atoms with E-state index < -0.39 is 0 Å². The van der Waals surface area contributed by atoms with Crippen molar-refractivity contribution in [3.05, 3.63) is 5.82 Å². The van der Waals surface area contributed by atoms with Gasteiger partial charge in [-0.3, -0.25) is 5.10 Å². The zero-order valence-corrected chi connectivity index (χ0v) is 13.3. The van der Waals surface area contributed by atoms with Gasteiger partial charge in [-0.15, -0.1) is 5.10 Å². The number of rotatable bonds is 4. The maximum atomic E-state index is 5.87. The van der Waals surface area contributed by atoms with E-state index in [9.17, 15) is 0 Å².